The molecule has 0 aliphatic carbocycles. The van der Waals surface area contributed by atoms with Crippen molar-refractivity contribution in [1.29, 1.82) is 0 Å². The van der Waals surface area contributed by atoms with E-state index in [0.29, 0.717) is 0 Å². The fraction of sp³-hybridized carbons (Fsp3) is 0.143. The maximum atomic E-state index is 13.0. The zero-order valence-electron chi connectivity index (χ0n) is 6.26. The molecule has 0 aliphatic rings. The van der Waals surface area contributed by atoms with Crippen molar-refractivity contribution in [1.82, 2.24) is 0 Å². The third kappa shape index (κ3) is 1.82. The molecule has 0 bridgehead atoms. The molecule has 3 nitrogen and oxygen atoms in total. The number of nitrogens with zero attached hydrogens (tertiary/aromatic N) is 1. The maximum absolute atomic E-state index is 13.0. The van der Waals surface area contributed by atoms with Crippen LogP contribution in [0.2, 0.25) is 0 Å². The van der Waals surface area contributed by atoms with Crippen molar-refractivity contribution in [2.75, 3.05) is 0 Å². The van der Waals surface area contributed by atoms with E-state index in [1.165, 1.54) is 6.07 Å². The van der Waals surface area contributed by atoms with Crippen LogP contribution in [0.5, 0.6) is 0 Å². The molecular weight excluding hydrogens is 248 g/mol. The highest BCUT2D eigenvalue weighted by molar-refractivity contribution is 9.10. The fourth-order valence-electron chi connectivity index (χ4n) is 0.881. The Morgan fingerprint density at radius 1 is 1.54 bits per heavy atom. The average Bonchev–Trinajstić information content (AvgIpc) is 2.09. The summed E-state index contributed by atoms with van der Waals surface area (Å²) in [4.78, 5) is 9.49. The second-order valence-corrected chi connectivity index (χ2v) is 3.10. The normalized spacial score (nSPS) is 10.1. The molecule has 0 atom stereocenters. The molecule has 1 aromatic carbocycles. The summed E-state index contributed by atoms with van der Waals surface area (Å²) in [6.45, 7) is -1.19. The Morgan fingerprint density at radius 2 is 2.15 bits per heavy atom. The first-order valence-electron chi connectivity index (χ1n) is 3.25. The van der Waals surface area contributed by atoms with Crippen LogP contribution in [0.3, 0.4) is 0 Å². The van der Waals surface area contributed by atoms with Gasteiger partial charge in [-0.25, -0.2) is 8.78 Å². The Bertz CT molecular complexity index is 357. The second kappa shape index (κ2) is 3.78. The van der Waals surface area contributed by atoms with Gasteiger partial charge >= 0.3 is 0 Å². The van der Waals surface area contributed by atoms with Crippen LogP contribution in [0.25, 0.3) is 0 Å². The molecule has 0 spiro atoms. The Balaban J connectivity index is 3.38. The van der Waals surface area contributed by atoms with Gasteiger partial charge in [0.05, 0.1) is 15.0 Å². The van der Waals surface area contributed by atoms with E-state index >= 15 is 0 Å². The van der Waals surface area contributed by atoms with E-state index in [0.717, 1.165) is 6.07 Å². The van der Waals surface area contributed by atoms with E-state index < -0.39 is 28.7 Å². The minimum Gasteiger partial charge on any atom is -0.258 e. The molecule has 70 valence electrons. The lowest BCUT2D eigenvalue weighted by atomic mass is 10.2. The Labute approximate surface area is 80.6 Å². The highest BCUT2D eigenvalue weighted by Gasteiger charge is 2.19. The van der Waals surface area contributed by atoms with Gasteiger partial charge in [0.2, 0.25) is 0 Å². The van der Waals surface area contributed by atoms with Crippen LogP contribution in [-0.4, -0.2) is 4.92 Å². The van der Waals surface area contributed by atoms with Crippen LogP contribution in [-0.2, 0) is 6.67 Å². The first-order chi connectivity index (χ1) is 6.07. The summed E-state index contributed by atoms with van der Waals surface area (Å²) in [5.74, 6) is -0.920. The molecule has 0 saturated carbocycles. The molecule has 0 radical (unpaired) electrons. The summed E-state index contributed by atoms with van der Waals surface area (Å²) in [6.07, 6.45) is 0. The van der Waals surface area contributed by atoms with Crippen LogP contribution >= 0.6 is 15.9 Å². The molecule has 0 saturated heterocycles. The molecule has 0 unspecified atom stereocenters. The van der Waals surface area contributed by atoms with E-state index in [2.05, 4.69) is 15.9 Å². The summed E-state index contributed by atoms with van der Waals surface area (Å²) >= 11 is 2.81. The predicted octanol–water partition coefficient (Wildman–Crippen LogP) is 2.97. The van der Waals surface area contributed by atoms with Gasteiger partial charge in [0.25, 0.3) is 5.69 Å². The van der Waals surface area contributed by atoms with Crippen molar-refractivity contribution >= 4 is 21.6 Å². The van der Waals surface area contributed by atoms with Gasteiger partial charge in [0, 0.05) is 6.07 Å². The van der Waals surface area contributed by atoms with Gasteiger partial charge in [-0.15, -0.1) is 0 Å². The van der Waals surface area contributed by atoms with E-state index in [1.807, 2.05) is 0 Å². The number of hydrogen-bond acceptors (Lipinski definition) is 2. The first-order valence-corrected chi connectivity index (χ1v) is 4.04. The van der Waals surface area contributed by atoms with Crippen LogP contribution in [0.15, 0.2) is 16.6 Å². The molecular formula is C7H4BrF2NO2. The van der Waals surface area contributed by atoms with Crippen molar-refractivity contribution in [2.24, 2.45) is 0 Å². The van der Waals surface area contributed by atoms with E-state index in [4.69, 9.17) is 0 Å². The van der Waals surface area contributed by atoms with E-state index in [1.54, 1.807) is 0 Å². The molecule has 0 aliphatic heterocycles. The summed E-state index contributed by atoms with van der Waals surface area (Å²) in [6, 6.07) is 2.23. The lowest BCUT2D eigenvalue weighted by Crippen LogP contribution is -1.97. The molecule has 0 N–H and O–H groups in total. The summed E-state index contributed by atoms with van der Waals surface area (Å²) < 4.78 is 25.3. The van der Waals surface area contributed by atoms with Gasteiger partial charge < -0.3 is 0 Å². The second-order valence-electron chi connectivity index (χ2n) is 2.25. The predicted molar refractivity (Wildman–Crippen MR) is 45.6 cm³/mol. The highest BCUT2D eigenvalue weighted by atomic mass is 79.9. The van der Waals surface area contributed by atoms with Crippen LogP contribution in [0.4, 0.5) is 14.5 Å². The monoisotopic (exact) mass is 251 g/mol. The maximum Gasteiger partial charge on any atom is 0.278 e. The summed E-state index contributed by atoms with van der Waals surface area (Å²) in [7, 11) is 0. The molecule has 0 heterocycles. The zero-order chi connectivity index (χ0) is 10.0. The number of halogens is 3. The average molecular weight is 252 g/mol. The zero-order valence-corrected chi connectivity index (χ0v) is 7.85. The van der Waals surface area contributed by atoms with Crippen molar-refractivity contribution in [3.8, 4) is 0 Å². The topological polar surface area (TPSA) is 43.1 Å². The number of benzene rings is 1. The number of nitro groups is 1. The molecule has 6 heteroatoms. The molecule has 13 heavy (non-hydrogen) atoms. The van der Waals surface area contributed by atoms with Crippen molar-refractivity contribution in [3.63, 3.8) is 0 Å². The first kappa shape index (κ1) is 10.0. The number of hydrogen-bond donors (Lipinski definition) is 0. The number of nitro benzene ring substituents is 1. The van der Waals surface area contributed by atoms with Gasteiger partial charge in [0.15, 0.2) is 0 Å². The standard InChI is InChI=1S/C7H4BrF2NO2/c8-5-1-2-6(11(12)13)4(3-9)7(5)10/h1-2H,3H2. The third-order valence-electron chi connectivity index (χ3n) is 1.50. The van der Waals surface area contributed by atoms with Gasteiger partial charge in [-0.1, -0.05) is 0 Å². The quantitative estimate of drug-likeness (QED) is 0.599. The van der Waals surface area contributed by atoms with Crippen LogP contribution in [0, 0.1) is 15.9 Å². The largest absolute Gasteiger partial charge is 0.278 e. The fourth-order valence-corrected chi connectivity index (χ4v) is 1.25. The minimum absolute atomic E-state index is 0.0192. The van der Waals surface area contributed by atoms with Gasteiger partial charge in [-0.3, -0.25) is 10.1 Å². The molecule has 0 aromatic heterocycles. The third-order valence-corrected chi connectivity index (χ3v) is 2.11. The van der Waals surface area contributed by atoms with Crippen LogP contribution in [0.1, 0.15) is 5.56 Å². The lowest BCUT2D eigenvalue weighted by molar-refractivity contribution is -0.386. The summed E-state index contributed by atoms with van der Waals surface area (Å²) in [5.41, 5.74) is -1.07. The SMILES string of the molecule is O=[N+]([O-])c1ccc(Br)c(F)c1CF. The number of rotatable bonds is 2. The van der Waals surface area contributed by atoms with Gasteiger partial charge in [0.1, 0.15) is 12.5 Å². The van der Waals surface area contributed by atoms with Crippen molar-refractivity contribution in [2.45, 2.75) is 6.67 Å². The van der Waals surface area contributed by atoms with Crippen LogP contribution < -0.4 is 0 Å². The minimum atomic E-state index is -1.19. The lowest BCUT2D eigenvalue weighted by Gasteiger charge is -2.00. The van der Waals surface area contributed by atoms with E-state index in [9.17, 15) is 18.9 Å². The Morgan fingerprint density at radius 3 is 2.62 bits per heavy atom. The van der Waals surface area contributed by atoms with Gasteiger partial charge in [-0.2, -0.15) is 0 Å². The van der Waals surface area contributed by atoms with Crippen molar-refractivity contribution < 1.29 is 13.7 Å². The van der Waals surface area contributed by atoms with Crippen molar-refractivity contribution in [3.05, 3.63) is 38.1 Å². The molecule has 1 aromatic rings. The summed E-state index contributed by atoms with van der Waals surface area (Å²) in [5, 5.41) is 10.3. The molecule has 0 fully saturated rings. The Hall–Kier alpha value is -1.04. The van der Waals surface area contributed by atoms with Gasteiger partial charge in [-0.05, 0) is 22.0 Å². The molecule has 0 amide bonds. The number of alkyl halides is 1. The highest BCUT2D eigenvalue weighted by Crippen LogP contribution is 2.27. The van der Waals surface area contributed by atoms with E-state index in [-0.39, 0.29) is 4.47 Å². The Kier molecular flexibility index (Phi) is 2.92. The smallest absolute Gasteiger partial charge is 0.258 e. The molecule has 1 rings (SSSR count).